The highest BCUT2D eigenvalue weighted by atomic mass is 35.5. The number of thioether (sulfide) groups is 1. The van der Waals surface area contributed by atoms with Gasteiger partial charge in [0, 0.05) is 48.1 Å². The lowest BCUT2D eigenvalue weighted by Gasteiger charge is -2.31. The lowest BCUT2D eigenvalue weighted by molar-refractivity contribution is -0.118. The topological polar surface area (TPSA) is 50.8 Å². The van der Waals surface area contributed by atoms with Gasteiger partial charge < -0.3 is 14.8 Å². The van der Waals surface area contributed by atoms with Crippen molar-refractivity contribution in [1.29, 1.82) is 0 Å². The molecular weight excluding hydrogens is 467 g/mol. The minimum Gasteiger partial charge on any atom is -0.492 e. The molecule has 5 nitrogen and oxygen atoms in total. The van der Waals surface area contributed by atoms with Gasteiger partial charge in [0.1, 0.15) is 12.4 Å². The number of benzene rings is 2. The van der Waals surface area contributed by atoms with Crippen LogP contribution in [-0.4, -0.2) is 56.0 Å². The molecule has 1 aliphatic rings. The van der Waals surface area contributed by atoms with Crippen LogP contribution in [-0.2, 0) is 21.8 Å². The third kappa shape index (κ3) is 8.49. The molecule has 0 aliphatic carbocycles. The summed E-state index contributed by atoms with van der Waals surface area (Å²) in [6.07, 6.45) is 2.16. The van der Waals surface area contributed by atoms with Gasteiger partial charge in [0.15, 0.2) is 0 Å². The molecule has 3 rings (SSSR count). The number of nitrogens with one attached hydrogen (secondary N) is 1. The van der Waals surface area contributed by atoms with Gasteiger partial charge in [-0.05, 0) is 55.3 Å². The molecule has 8 heteroatoms. The van der Waals surface area contributed by atoms with Crippen molar-refractivity contribution in [1.82, 2.24) is 10.2 Å². The van der Waals surface area contributed by atoms with Crippen LogP contribution in [0.3, 0.4) is 0 Å². The van der Waals surface area contributed by atoms with E-state index in [1.807, 2.05) is 30.3 Å². The second-order valence-electron chi connectivity index (χ2n) is 7.83. The van der Waals surface area contributed by atoms with Crippen LogP contribution in [0.5, 0.6) is 5.75 Å². The van der Waals surface area contributed by atoms with Gasteiger partial charge in [0.2, 0.25) is 5.91 Å². The number of rotatable bonds is 11. The average Bonchev–Trinajstić information content (AvgIpc) is 2.80. The summed E-state index contributed by atoms with van der Waals surface area (Å²) in [7, 11) is 2.14. The van der Waals surface area contributed by atoms with Crippen LogP contribution in [0.1, 0.15) is 24.0 Å². The van der Waals surface area contributed by atoms with Crippen LogP contribution in [0.4, 0.5) is 0 Å². The molecule has 2 aromatic rings. The molecule has 1 heterocycles. The van der Waals surface area contributed by atoms with Crippen molar-refractivity contribution in [3.63, 3.8) is 0 Å². The fraction of sp³-hybridized carbons (Fsp3) is 0.458. The van der Waals surface area contributed by atoms with E-state index in [2.05, 4.69) is 17.3 Å². The van der Waals surface area contributed by atoms with Gasteiger partial charge in [-0.2, -0.15) is 0 Å². The summed E-state index contributed by atoms with van der Waals surface area (Å²) < 4.78 is 11.4. The number of hydrogen-bond acceptors (Lipinski definition) is 5. The number of hydrogen-bond donors (Lipinski definition) is 1. The molecule has 0 bridgehead atoms. The normalized spacial score (nSPS) is 14.5. The number of nitrogens with zero attached hydrogens (tertiary/aromatic N) is 1. The minimum absolute atomic E-state index is 0.00973. The first-order valence-corrected chi connectivity index (χ1v) is 12.7. The van der Waals surface area contributed by atoms with Gasteiger partial charge in [0.25, 0.3) is 0 Å². The molecule has 1 aliphatic heterocycles. The van der Waals surface area contributed by atoms with E-state index in [4.69, 9.17) is 32.7 Å². The third-order valence-electron chi connectivity index (χ3n) is 5.42. The predicted octanol–water partition coefficient (Wildman–Crippen LogP) is 5.03. The van der Waals surface area contributed by atoms with Gasteiger partial charge in [-0.25, -0.2) is 0 Å². The molecule has 0 aromatic heterocycles. The summed E-state index contributed by atoms with van der Waals surface area (Å²) in [6.45, 7) is 3.67. The Balaban J connectivity index is 1.35. The van der Waals surface area contributed by atoms with E-state index < -0.39 is 0 Å². The minimum atomic E-state index is -0.00973. The lowest BCUT2D eigenvalue weighted by atomic mass is 10.1. The molecule has 32 heavy (non-hydrogen) atoms. The molecule has 2 aromatic carbocycles. The highest BCUT2D eigenvalue weighted by molar-refractivity contribution is 7.99. The molecule has 1 amide bonds. The van der Waals surface area contributed by atoms with Crippen molar-refractivity contribution >= 4 is 40.9 Å². The molecule has 0 spiro atoms. The fourth-order valence-corrected chi connectivity index (χ4v) is 4.92. The average molecular weight is 497 g/mol. The van der Waals surface area contributed by atoms with Crippen molar-refractivity contribution in [2.75, 3.05) is 39.2 Å². The van der Waals surface area contributed by atoms with Crippen molar-refractivity contribution in [3.8, 4) is 5.75 Å². The molecule has 1 N–H and O–H groups in total. The first-order valence-electron chi connectivity index (χ1n) is 10.8. The number of halogens is 2. The van der Waals surface area contributed by atoms with Crippen LogP contribution in [0.2, 0.25) is 10.0 Å². The second-order valence-corrected chi connectivity index (χ2v) is 9.65. The molecule has 0 saturated carbocycles. The molecule has 0 atom stereocenters. The van der Waals surface area contributed by atoms with Crippen molar-refractivity contribution in [2.24, 2.45) is 0 Å². The fourth-order valence-electron chi connectivity index (χ4n) is 3.51. The van der Waals surface area contributed by atoms with Gasteiger partial charge in [0.05, 0.1) is 5.75 Å². The van der Waals surface area contributed by atoms with Crippen molar-refractivity contribution in [3.05, 3.63) is 63.6 Å². The van der Waals surface area contributed by atoms with Gasteiger partial charge in [-0.15, -0.1) is 11.8 Å². The highest BCUT2D eigenvalue weighted by Crippen LogP contribution is 2.24. The highest BCUT2D eigenvalue weighted by Gasteiger charge is 2.18. The zero-order chi connectivity index (χ0) is 22.8. The van der Waals surface area contributed by atoms with E-state index >= 15 is 0 Å². The smallest absolute Gasteiger partial charge is 0.230 e. The first kappa shape index (κ1) is 25.2. The first-order chi connectivity index (χ1) is 15.5. The van der Waals surface area contributed by atoms with Crippen LogP contribution in [0.25, 0.3) is 0 Å². The summed E-state index contributed by atoms with van der Waals surface area (Å²) >= 11 is 13.6. The predicted molar refractivity (Wildman–Crippen MR) is 133 cm³/mol. The summed E-state index contributed by atoms with van der Waals surface area (Å²) in [5, 5.41) is 4.20. The Morgan fingerprint density at radius 2 is 2.03 bits per heavy atom. The Morgan fingerprint density at radius 3 is 2.81 bits per heavy atom. The monoisotopic (exact) mass is 496 g/mol. The van der Waals surface area contributed by atoms with Crippen LogP contribution in [0, 0.1) is 0 Å². The maximum atomic E-state index is 12.2. The maximum Gasteiger partial charge on any atom is 0.230 e. The maximum absolute atomic E-state index is 12.2. The molecule has 174 valence electrons. The second kappa shape index (κ2) is 13.3. The van der Waals surface area contributed by atoms with E-state index in [-0.39, 0.29) is 5.91 Å². The van der Waals surface area contributed by atoms with E-state index in [0.29, 0.717) is 40.7 Å². The number of amides is 1. The number of ether oxygens (including phenoxy) is 2. The zero-order valence-corrected chi connectivity index (χ0v) is 20.6. The summed E-state index contributed by atoms with van der Waals surface area (Å²) in [5.41, 5.74) is 1.99. The summed E-state index contributed by atoms with van der Waals surface area (Å²) in [6, 6.07) is 13.9. The molecular formula is C24H30Cl2N2O3S. The number of likely N-dealkylation sites (N-methyl/N-ethyl adjacent to an activating group) is 1. The van der Waals surface area contributed by atoms with Crippen molar-refractivity contribution in [2.45, 2.75) is 31.2 Å². The van der Waals surface area contributed by atoms with E-state index in [9.17, 15) is 4.79 Å². The quantitative estimate of drug-likeness (QED) is 0.472. The zero-order valence-electron chi connectivity index (χ0n) is 18.3. The van der Waals surface area contributed by atoms with Crippen LogP contribution < -0.4 is 10.1 Å². The lowest BCUT2D eigenvalue weighted by Crippen LogP contribution is -2.38. The Hall–Kier alpha value is -1.44. The Bertz CT molecular complexity index is 878. The Morgan fingerprint density at radius 1 is 1.22 bits per heavy atom. The molecule has 1 saturated heterocycles. The largest absolute Gasteiger partial charge is 0.492 e. The molecule has 0 unspecified atom stereocenters. The summed E-state index contributed by atoms with van der Waals surface area (Å²) in [4.78, 5) is 14.5. The number of carbonyl (C=O) groups is 1. The van der Waals surface area contributed by atoms with Crippen LogP contribution >= 0.6 is 35.0 Å². The third-order valence-corrected chi connectivity index (χ3v) is 6.99. The van der Waals surface area contributed by atoms with Gasteiger partial charge in [-0.1, -0.05) is 41.4 Å². The van der Waals surface area contributed by atoms with E-state index in [0.717, 1.165) is 49.5 Å². The standard InChI is InChI=1S/C24H30Cl2N2O3S/c1-28(21-7-10-30-11-8-21)9-12-31-22-4-2-3-18(13-22)15-27-24(29)17-32-16-19-5-6-20(25)14-23(19)26/h2-6,13-14,21H,7-12,15-17H2,1H3,(H,27,29). The van der Waals surface area contributed by atoms with E-state index in [1.165, 1.54) is 11.8 Å². The molecule has 1 fully saturated rings. The Labute approximate surface area is 204 Å². The SMILES string of the molecule is CN(CCOc1cccc(CNC(=O)CSCc2ccc(Cl)cc2Cl)c1)C1CCOCC1. The Kier molecular flexibility index (Phi) is 10.5. The van der Waals surface area contributed by atoms with Gasteiger partial charge >= 0.3 is 0 Å². The summed E-state index contributed by atoms with van der Waals surface area (Å²) in [5.74, 6) is 1.84. The van der Waals surface area contributed by atoms with E-state index in [1.54, 1.807) is 12.1 Å². The van der Waals surface area contributed by atoms with Crippen LogP contribution in [0.15, 0.2) is 42.5 Å². The molecule has 0 radical (unpaired) electrons. The number of carbonyl (C=O) groups excluding carboxylic acids is 1. The van der Waals surface area contributed by atoms with Crippen molar-refractivity contribution < 1.29 is 14.3 Å². The van der Waals surface area contributed by atoms with Gasteiger partial charge in [-0.3, -0.25) is 9.69 Å².